The van der Waals surface area contributed by atoms with Crippen molar-refractivity contribution in [2.45, 2.75) is 20.3 Å². The Morgan fingerprint density at radius 2 is 1.94 bits per heavy atom. The number of hydrogen-bond acceptors (Lipinski definition) is 3. The topological polar surface area (TPSA) is 56.8 Å². The summed E-state index contributed by atoms with van der Waals surface area (Å²) in [4.78, 5) is 0. The Bertz CT molecular complexity index is 452. The van der Waals surface area contributed by atoms with Gasteiger partial charge in [-0.2, -0.15) is 10.5 Å². The summed E-state index contributed by atoms with van der Waals surface area (Å²) >= 11 is 0. The van der Waals surface area contributed by atoms with Gasteiger partial charge in [-0.3, -0.25) is 0 Å². The van der Waals surface area contributed by atoms with Crippen LogP contribution in [0.3, 0.4) is 0 Å². The predicted octanol–water partition coefficient (Wildman–Crippen LogP) is 2.60. The fourth-order valence-electron chi connectivity index (χ4n) is 1.56. The van der Waals surface area contributed by atoms with Crippen LogP contribution in [0.1, 0.15) is 18.1 Å². The number of nitriles is 2. The number of rotatable bonds is 3. The largest absolute Gasteiger partial charge is 0.496 e. The Morgan fingerprint density at radius 3 is 2.38 bits per heavy atom. The van der Waals surface area contributed by atoms with Crippen LogP contribution < -0.4 is 4.74 Å². The highest BCUT2D eigenvalue weighted by molar-refractivity contribution is 5.37. The second-order valence-electron chi connectivity index (χ2n) is 4.04. The third-order valence-electron chi connectivity index (χ3n) is 2.51. The van der Waals surface area contributed by atoms with E-state index in [1.807, 2.05) is 37.3 Å². The van der Waals surface area contributed by atoms with Crippen LogP contribution in [-0.4, -0.2) is 7.11 Å². The summed E-state index contributed by atoms with van der Waals surface area (Å²) in [6.07, 6.45) is 0.435. The summed E-state index contributed by atoms with van der Waals surface area (Å²) in [6.45, 7) is 3.59. The van der Waals surface area contributed by atoms with Gasteiger partial charge in [-0.05, 0) is 31.0 Å². The van der Waals surface area contributed by atoms with Crippen LogP contribution in [0.5, 0.6) is 5.75 Å². The molecule has 1 aromatic rings. The lowest BCUT2D eigenvalue weighted by molar-refractivity contribution is 0.411. The van der Waals surface area contributed by atoms with Crippen molar-refractivity contribution in [3.8, 4) is 17.9 Å². The molecule has 0 saturated carbocycles. The minimum absolute atomic E-state index is 0.435. The van der Waals surface area contributed by atoms with Crippen molar-refractivity contribution in [2.75, 3.05) is 7.11 Å². The van der Waals surface area contributed by atoms with E-state index in [4.69, 9.17) is 15.3 Å². The molecule has 0 N–H and O–H groups in total. The standard InChI is InChI=1S/C13H14N2O/c1-10-6-11(4-5-12(10)16-3)7-13(2,8-14)9-15/h4-6H,7H2,1-3H3. The number of benzene rings is 1. The maximum atomic E-state index is 8.92. The Balaban J connectivity index is 2.97. The lowest BCUT2D eigenvalue weighted by atomic mass is 9.86. The van der Waals surface area contributed by atoms with E-state index in [0.717, 1.165) is 16.9 Å². The van der Waals surface area contributed by atoms with Crippen LogP contribution in [-0.2, 0) is 6.42 Å². The van der Waals surface area contributed by atoms with E-state index < -0.39 is 5.41 Å². The lowest BCUT2D eigenvalue weighted by Crippen LogP contribution is -2.14. The molecule has 0 unspecified atom stereocenters. The third-order valence-corrected chi connectivity index (χ3v) is 2.51. The van der Waals surface area contributed by atoms with Gasteiger partial charge in [-0.15, -0.1) is 0 Å². The second-order valence-corrected chi connectivity index (χ2v) is 4.04. The summed E-state index contributed by atoms with van der Waals surface area (Å²) < 4.78 is 5.15. The molecule has 0 aliphatic heterocycles. The molecule has 3 nitrogen and oxygen atoms in total. The van der Waals surface area contributed by atoms with Gasteiger partial charge in [-0.25, -0.2) is 0 Å². The van der Waals surface area contributed by atoms with Gasteiger partial charge in [0.15, 0.2) is 0 Å². The molecule has 0 aliphatic rings. The first kappa shape index (κ1) is 12.1. The fourth-order valence-corrected chi connectivity index (χ4v) is 1.56. The minimum Gasteiger partial charge on any atom is -0.496 e. The summed E-state index contributed by atoms with van der Waals surface area (Å²) in [6, 6.07) is 9.76. The van der Waals surface area contributed by atoms with E-state index in [9.17, 15) is 0 Å². The van der Waals surface area contributed by atoms with E-state index in [-0.39, 0.29) is 0 Å². The van der Waals surface area contributed by atoms with Crippen LogP contribution in [0, 0.1) is 35.0 Å². The van der Waals surface area contributed by atoms with E-state index in [1.165, 1.54) is 0 Å². The van der Waals surface area contributed by atoms with Gasteiger partial charge in [0.05, 0.1) is 19.2 Å². The molecule has 0 saturated heterocycles. The fraction of sp³-hybridized carbons (Fsp3) is 0.385. The molecule has 0 amide bonds. The zero-order valence-electron chi connectivity index (χ0n) is 9.74. The van der Waals surface area contributed by atoms with Crippen molar-refractivity contribution >= 4 is 0 Å². The van der Waals surface area contributed by atoms with Gasteiger partial charge in [0.2, 0.25) is 0 Å². The molecule has 1 rings (SSSR count). The van der Waals surface area contributed by atoms with Crippen LogP contribution in [0.2, 0.25) is 0 Å². The molecule has 1 aromatic carbocycles. The normalized spacial score (nSPS) is 10.3. The first-order valence-corrected chi connectivity index (χ1v) is 5.00. The average Bonchev–Trinajstić information content (AvgIpc) is 2.29. The maximum Gasteiger partial charge on any atom is 0.145 e. The average molecular weight is 214 g/mol. The molecule has 16 heavy (non-hydrogen) atoms. The highest BCUT2D eigenvalue weighted by atomic mass is 16.5. The van der Waals surface area contributed by atoms with Gasteiger partial charge in [0.1, 0.15) is 11.2 Å². The molecule has 0 atom stereocenters. The van der Waals surface area contributed by atoms with Crippen molar-refractivity contribution in [3.05, 3.63) is 29.3 Å². The molecule has 0 radical (unpaired) electrons. The molecular formula is C13H14N2O. The zero-order chi connectivity index (χ0) is 12.2. The summed E-state index contributed by atoms with van der Waals surface area (Å²) in [7, 11) is 1.62. The maximum absolute atomic E-state index is 8.92. The van der Waals surface area contributed by atoms with E-state index >= 15 is 0 Å². The molecule has 0 spiro atoms. The van der Waals surface area contributed by atoms with Crippen molar-refractivity contribution < 1.29 is 4.74 Å². The molecule has 0 bridgehead atoms. The van der Waals surface area contributed by atoms with Crippen molar-refractivity contribution in [1.29, 1.82) is 10.5 Å². The van der Waals surface area contributed by atoms with Crippen LogP contribution in [0.25, 0.3) is 0 Å². The lowest BCUT2D eigenvalue weighted by Gasteiger charge is -2.13. The van der Waals surface area contributed by atoms with Gasteiger partial charge >= 0.3 is 0 Å². The van der Waals surface area contributed by atoms with Gasteiger partial charge < -0.3 is 4.74 Å². The molecule has 82 valence electrons. The molecule has 0 heterocycles. The Hall–Kier alpha value is -2.00. The van der Waals surface area contributed by atoms with Crippen molar-refractivity contribution in [2.24, 2.45) is 5.41 Å². The zero-order valence-corrected chi connectivity index (χ0v) is 9.74. The second kappa shape index (κ2) is 4.68. The Morgan fingerprint density at radius 1 is 1.31 bits per heavy atom. The van der Waals surface area contributed by atoms with E-state index in [0.29, 0.717) is 6.42 Å². The third kappa shape index (κ3) is 2.52. The monoisotopic (exact) mass is 214 g/mol. The number of aryl methyl sites for hydroxylation is 1. The Labute approximate surface area is 95.9 Å². The Kier molecular flexibility index (Phi) is 3.53. The quantitative estimate of drug-likeness (QED) is 0.777. The summed E-state index contributed by atoms with van der Waals surface area (Å²) in [5.74, 6) is 0.819. The summed E-state index contributed by atoms with van der Waals surface area (Å²) in [5.41, 5.74) is 1.03. The number of nitrogens with zero attached hydrogens (tertiary/aromatic N) is 2. The number of ether oxygens (including phenoxy) is 1. The minimum atomic E-state index is -0.957. The first-order valence-electron chi connectivity index (χ1n) is 5.00. The highest BCUT2D eigenvalue weighted by Gasteiger charge is 2.23. The predicted molar refractivity (Wildman–Crippen MR) is 60.8 cm³/mol. The SMILES string of the molecule is COc1ccc(CC(C)(C#N)C#N)cc1C. The van der Waals surface area contributed by atoms with Crippen molar-refractivity contribution in [1.82, 2.24) is 0 Å². The summed E-state index contributed by atoms with van der Waals surface area (Å²) in [5, 5.41) is 17.8. The molecular weight excluding hydrogens is 200 g/mol. The first-order chi connectivity index (χ1) is 7.54. The van der Waals surface area contributed by atoms with E-state index in [2.05, 4.69) is 0 Å². The molecule has 0 aliphatic carbocycles. The van der Waals surface area contributed by atoms with Gasteiger partial charge in [0, 0.05) is 6.42 Å². The number of methoxy groups -OCH3 is 1. The smallest absolute Gasteiger partial charge is 0.145 e. The van der Waals surface area contributed by atoms with Gasteiger partial charge in [0.25, 0.3) is 0 Å². The van der Waals surface area contributed by atoms with Crippen LogP contribution in [0.4, 0.5) is 0 Å². The molecule has 0 aromatic heterocycles. The van der Waals surface area contributed by atoms with Crippen LogP contribution in [0.15, 0.2) is 18.2 Å². The number of hydrogen-bond donors (Lipinski definition) is 0. The van der Waals surface area contributed by atoms with E-state index in [1.54, 1.807) is 14.0 Å². The highest BCUT2D eigenvalue weighted by Crippen LogP contribution is 2.24. The van der Waals surface area contributed by atoms with Crippen LogP contribution >= 0.6 is 0 Å². The van der Waals surface area contributed by atoms with Gasteiger partial charge in [-0.1, -0.05) is 12.1 Å². The van der Waals surface area contributed by atoms with Crippen molar-refractivity contribution in [3.63, 3.8) is 0 Å². The molecule has 3 heteroatoms. The molecule has 0 fully saturated rings.